The van der Waals surface area contributed by atoms with Gasteiger partial charge in [-0.3, -0.25) is 22.7 Å². The van der Waals surface area contributed by atoms with Gasteiger partial charge in [0.05, 0.1) is 38.1 Å². The van der Waals surface area contributed by atoms with E-state index in [2.05, 4.69) is 64.0 Å². The van der Waals surface area contributed by atoms with Gasteiger partial charge in [-0.15, -0.1) is 0 Å². The van der Waals surface area contributed by atoms with E-state index in [4.69, 9.17) is 42.8 Å². The van der Waals surface area contributed by atoms with Crippen LogP contribution in [0.3, 0.4) is 0 Å². The fourth-order valence-electron chi connectivity index (χ4n) is 10.3. The third-order valence-electron chi connectivity index (χ3n) is 14.7. The highest BCUT2D eigenvalue weighted by Crippen LogP contribution is 2.69. The van der Waals surface area contributed by atoms with Gasteiger partial charge < -0.3 is 93.2 Å². The Balaban J connectivity index is 0.000000288. The van der Waals surface area contributed by atoms with Gasteiger partial charge in [0.1, 0.15) is 37.0 Å². The van der Waals surface area contributed by atoms with E-state index in [0.717, 1.165) is 54.8 Å². The van der Waals surface area contributed by atoms with Crippen LogP contribution in [-0.4, -0.2) is 181 Å². The maximum atomic E-state index is 12.0. The molecule has 0 spiro atoms. The Bertz CT molecular complexity index is 2950. The lowest BCUT2D eigenvalue weighted by Crippen LogP contribution is -2.48. The van der Waals surface area contributed by atoms with Gasteiger partial charge in [0, 0.05) is 66.0 Å². The van der Waals surface area contributed by atoms with E-state index in [1.54, 1.807) is 46.4 Å². The van der Waals surface area contributed by atoms with Gasteiger partial charge in [0.2, 0.25) is 0 Å². The van der Waals surface area contributed by atoms with Crippen LogP contribution in [0.4, 0.5) is 0 Å². The normalized spacial score (nSPS) is 34.0. The highest BCUT2D eigenvalue weighted by Gasteiger charge is 2.57. The second kappa shape index (κ2) is 30.3. The molecule has 19 unspecified atom stereocenters. The van der Waals surface area contributed by atoms with Crippen LogP contribution >= 0.6 is 70.0 Å². The van der Waals surface area contributed by atoms with Crippen molar-refractivity contribution in [3.05, 3.63) is 48.6 Å². The molecule has 13 N–H and O–H groups in total. The van der Waals surface area contributed by atoms with E-state index in [-0.39, 0.29) is 0 Å². The largest absolute Gasteiger partial charge is 0.490 e. The van der Waals surface area contributed by atoms with E-state index < -0.39 is 161 Å². The molecular formula is C44H86N3O34P9. The van der Waals surface area contributed by atoms with Crippen LogP contribution < -0.4 is 0 Å². The zero-order valence-corrected chi connectivity index (χ0v) is 59.1. The first-order valence-corrected chi connectivity index (χ1v) is 41.7. The molecule has 90 heavy (non-hydrogen) atoms. The summed E-state index contributed by atoms with van der Waals surface area (Å²) in [5.74, 6) is 0.793. The Morgan fingerprint density at radius 1 is 0.467 bits per heavy atom. The number of phosphoric ester groups is 3. The first-order valence-electron chi connectivity index (χ1n) is 27.2. The minimum atomic E-state index is -5.62. The van der Waals surface area contributed by atoms with Crippen LogP contribution in [0.25, 0.3) is 0 Å². The first kappa shape index (κ1) is 81.9. The van der Waals surface area contributed by atoms with Crippen LogP contribution in [0.1, 0.15) is 101 Å². The fourth-order valence-corrected chi connectivity index (χ4v) is 20.3. The number of phosphoric acid groups is 7. The number of aliphatic hydroxyl groups excluding tert-OH is 3. The quantitative estimate of drug-likeness (QED) is 0.0443. The number of nitrogens with zero attached hydrogens (tertiary/aromatic N) is 3. The van der Waals surface area contributed by atoms with E-state index in [0.29, 0.717) is 44.7 Å². The molecule has 5 saturated heterocycles. The summed E-state index contributed by atoms with van der Waals surface area (Å²) in [6.45, 7) is 29.3. The molecule has 6 aliphatic heterocycles. The van der Waals surface area contributed by atoms with Crippen molar-refractivity contribution in [3.8, 4) is 0 Å². The highest BCUT2D eigenvalue weighted by atomic mass is 31.3. The number of likely N-dealkylation sites (tertiary alicyclic amines) is 2. The average molecular weight is 1480 g/mol. The third kappa shape index (κ3) is 24.2. The van der Waals surface area contributed by atoms with Gasteiger partial charge >= 0.3 is 70.0 Å². The molecule has 0 bridgehead atoms. The lowest BCUT2D eigenvalue weighted by molar-refractivity contribution is -0.0914. The van der Waals surface area contributed by atoms with E-state index >= 15 is 0 Å². The van der Waals surface area contributed by atoms with E-state index in [1.165, 1.54) is 0 Å². The first-order chi connectivity index (χ1) is 40.3. The molecule has 0 aromatic rings. The molecule has 6 aliphatic rings. The van der Waals surface area contributed by atoms with Crippen LogP contribution in [0, 0.1) is 28.1 Å². The SMILES string of the molecule is C=C1CCC(C)=CN1C1OC(COP(=O)(O)OP(=O)(O)OP(=O)(O)O)C(O)C1(C)C.C=C1CCC(C)CN1C1OC(COP(=O)(O)OP(=O)(O)OP(C)(=O)O)C(O)C1(C)C.C=C1CCC(C)CN1C1OC(COP(=O)(O)OP(=O)(O)OP(C)(=O)O)C(O)C1(C)C. The molecule has 0 amide bonds. The summed E-state index contributed by atoms with van der Waals surface area (Å²) in [6.07, 6.45) is -1.48. The van der Waals surface area contributed by atoms with Crippen LogP contribution in [0.15, 0.2) is 48.6 Å². The topological polar surface area (TPSA) is 537 Å². The summed E-state index contributed by atoms with van der Waals surface area (Å²) in [6, 6.07) is 0. The average Bonchev–Trinajstić information content (AvgIpc) is 1.64. The number of rotatable bonds is 24. The molecule has 526 valence electrons. The van der Waals surface area contributed by atoms with Crippen LogP contribution in [-0.2, 0) is 94.7 Å². The molecular weight excluding hydrogens is 1390 g/mol. The molecule has 0 aromatic carbocycles. The fraction of sp³-hybridized carbons (Fsp3) is 0.818. The zero-order chi connectivity index (χ0) is 69.4. The zero-order valence-electron chi connectivity index (χ0n) is 51.1. The molecule has 0 aliphatic carbocycles. The van der Waals surface area contributed by atoms with Crippen LogP contribution in [0.5, 0.6) is 0 Å². The number of ether oxygens (including phenoxy) is 3. The summed E-state index contributed by atoms with van der Waals surface area (Å²) in [4.78, 5) is 97.6. The van der Waals surface area contributed by atoms with Gasteiger partial charge in [-0.25, -0.2) is 40.6 Å². The van der Waals surface area contributed by atoms with Crippen molar-refractivity contribution in [2.45, 2.75) is 156 Å². The molecule has 5 fully saturated rings. The third-order valence-corrected chi connectivity index (χ3v) is 26.9. The van der Waals surface area contributed by atoms with Crippen LogP contribution in [0.2, 0.25) is 0 Å². The van der Waals surface area contributed by atoms with Crippen molar-refractivity contribution < 1.29 is 159 Å². The Labute approximate surface area is 520 Å². The minimum Gasteiger partial charge on any atom is -0.390 e. The van der Waals surface area contributed by atoms with Crippen molar-refractivity contribution in [3.63, 3.8) is 0 Å². The molecule has 6 heterocycles. The van der Waals surface area contributed by atoms with Crippen molar-refractivity contribution in [2.75, 3.05) is 46.2 Å². The summed E-state index contributed by atoms with van der Waals surface area (Å²) in [7, 11) is -46.5. The lowest BCUT2D eigenvalue weighted by Gasteiger charge is -2.43. The molecule has 37 nitrogen and oxygen atoms in total. The van der Waals surface area contributed by atoms with E-state index in [1.807, 2.05) is 22.9 Å². The summed E-state index contributed by atoms with van der Waals surface area (Å²) in [5, 5.41) is 32.0. The smallest absolute Gasteiger partial charge is 0.390 e. The van der Waals surface area contributed by atoms with Crippen molar-refractivity contribution >= 4 is 70.0 Å². The minimum absolute atomic E-state index is 0.396. The molecule has 46 heteroatoms. The number of aliphatic hydroxyl groups is 3. The standard InChI is InChI=1S/2C15H30NO11P3.C14H26NO12P3/c2*1-10-6-7-11(2)16(8-10)14-15(3,4)13(17)12(25-14)9-24-29(20,21)27-30(22,23)26-28(5,18)19;1-9-5-6-10(2)15(7-9)13-14(3,4)12(16)11(25-13)8-24-29(20,21)27-30(22,23)26-28(17,18)19/h2*10,12-14,17H,2,6-9H2,1,3-5H3,(H,18,19)(H,20,21)(H,22,23);7,11-13,16H,2,5-6,8H2,1,3-4H3,(H,20,21)(H,22,23)(H2,17,18,19). The van der Waals surface area contributed by atoms with E-state index in [9.17, 15) is 85.8 Å². The second-order valence-corrected chi connectivity index (χ2v) is 38.8. The van der Waals surface area contributed by atoms with Crippen molar-refractivity contribution in [1.82, 2.24) is 14.7 Å². The number of allylic oxidation sites excluding steroid dienone is 4. The summed E-state index contributed by atoms with van der Waals surface area (Å²) < 4.78 is 158. The maximum Gasteiger partial charge on any atom is 0.490 e. The second-order valence-electron chi connectivity index (χ2n) is 24.3. The Morgan fingerprint density at radius 3 is 1.08 bits per heavy atom. The monoisotopic (exact) mass is 1480 g/mol. The summed E-state index contributed by atoms with van der Waals surface area (Å²) in [5.41, 5.74) is 1.14. The Morgan fingerprint density at radius 2 is 0.767 bits per heavy atom. The Hall–Kier alpha value is -0.570. The predicted molar refractivity (Wildman–Crippen MR) is 315 cm³/mol. The molecule has 6 rings (SSSR count). The van der Waals surface area contributed by atoms with Gasteiger partial charge in [-0.2, -0.15) is 17.2 Å². The summed E-state index contributed by atoms with van der Waals surface area (Å²) >= 11 is 0. The predicted octanol–water partition coefficient (Wildman–Crippen LogP) is 6.77. The number of piperidine rings is 2. The molecule has 0 saturated carbocycles. The molecule has 0 radical (unpaired) electrons. The van der Waals surface area contributed by atoms with Crippen molar-refractivity contribution in [2.24, 2.45) is 28.1 Å². The maximum absolute atomic E-state index is 12.0. The Kier molecular flexibility index (Phi) is 27.5. The highest BCUT2D eigenvalue weighted by molar-refractivity contribution is 7.69. The lowest BCUT2D eigenvalue weighted by atomic mass is 9.83. The van der Waals surface area contributed by atoms with Gasteiger partial charge in [-0.05, 0) is 57.3 Å². The number of hydrogen-bond acceptors (Lipinski definition) is 27. The van der Waals surface area contributed by atoms with Gasteiger partial charge in [0.25, 0.3) is 0 Å². The molecule has 0 aromatic heterocycles. The molecule has 19 atom stereocenters. The van der Waals surface area contributed by atoms with Gasteiger partial charge in [0.15, 0.2) is 0 Å². The van der Waals surface area contributed by atoms with Gasteiger partial charge in [-0.1, -0.05) is 80.7 Å². The van der Waals surface area contributed by atoms with Crippen molar-refractivity contribution in [1.29, 1.82) is 0 Å². The number of hydrogen-bond donors (Lipinski definition) is 13.